The molecule has 0 aromatic heterocycles. The van der Waals surface area contributed by atoms with Gasteiger partial charge in [-0.1, -0.05) is 30.4 Å². The maximum Gasteiger partial charge on any atom is 0.202 e. The molecule has 1 aliphatic carbocycles. The lowest BCUT2D eigenvalue weighted by Gasteiger charge is -2.18. The summed E-state index contributed by atoms with van der Waals surface area (Å²) in [6.45, 7) is 0. The highest BCUT2D eigenvalue weighted by molar-refractivity contribution is 7.95. The molecule has 1 aromatic rings. The average molecular weight is 287 g/mol. The minimum absolute atomic E-state index is 0.210. The Labute approximate surface area is 120 Å². The highest BCUT2D eigenvalue weighted by Gasteiger charge is 2.23. The predicted molar refractivity (Wildman–Crippen MR) is 78.4 cm³/mol. The number of benzene rings is 1. The third-order valence-electron chi connectivity index (χ3n) is 3.39. The number of nitrogens with zero attached hydrogens (tertiary/aromatic N) is 1. The smallest absolute Gasteiger partial charge is 0.202 e. The van der Waals surface area contributed by atoms with Crippen LogP contribution in [0, 0.1) is 17.2 Å². The molecule has 104 valence electrons. The maximum absolute atomic E-state index is 12.5. The molecule has 1 atom stereocenters. The normalized spacial score (nSPS) is 18.4. The van der Waals surface area contributed by atoms with Crippen molar-refractivity contribution in [2.45, 2.75) is 30.6 Å². The van der Waals surface area contributed by atoms with Crippen molar-refractivity contribution in [3.05, 3.63) is 53.5 Å². The predicted octanol–water partition coefficient (Wildman–Crippen LogP) is 3.61. The Balaban J connectivity index is 2.12. The number of hydrogen-bond donors (Lipinski definition) is 0. The molecule has 4 heteroatoms. The molecule has 1 aliphatic rings. The number of nitriles is 1. The van der Waals surface area contributed by atoms with Gasteiger partial charge in [-0.3, -0.25) is 0 Å². The summed E-state index contributed by atoms with van der Waals surface area (Å²) in [4.78, 5) is 0.811. The van der Waals surface area contributed by atoms with Crippen molar-refractivity contribution in [1.29, 1.82) is 5.26 Å². The minimum Gasteiger partial charge on any atom is -0.219 e. The minimum atomic E-state index is -3.38. The molecular weight excluding hydrogens is 270 g/mol. The fourth-order valence-electron chi connectivity index (χ4n) is 2.31. The lowest BCUT2D eigenvalue weighted by Crippen LogP contribution is -2.11. The molecule has 0 N–H and O–H groups in total. The van der Waals surface area contributed by atoms with Crippen molar-refractivity contribution in [3.63, 3.8) is 0 Å². The summed E-state index contributed by atoms with van der Waals surface area (Å²) >= 11 is 0. The quantitative estimate of drug-likeness (QED) is 0.777. The summed E-state index contributed by atoms with van der Waals surface area (Å²) in [6, 6.07) is 10.6. The fourth-order valence-corrected chi connectivity index (χ4v) is 3.82. The zero-order valence-electron chi connectivity index (χ0n) is 11.2. The number of rotatable bonds is 5. The first-order valence-electron chi connectivity index (χ1n) is 6.69. The summed E-state index contributed by atoms with van der Waals surface area (Å²) in [7, 11) is -3.38. The largest absolute Gasteiger partial charge is 0.219 e. The van der Waals surface area contributed by atoms with E-state index in [1.165, 1.54) is 0 Å². The number of sulfone groups is 1. The fraction of sp³-hybridized carbons (Fsp3) is 0.312. The molecule has 0 saturated heterocycles. The van der Waals surface area contributed by atoms with Gasteiger partial charge in [-0.05, 0) is 43.4 Å². The first-order valence-corrected chi connectivity index (χ1v) is 8.17. The second-order valence-corrected chi connectivity index (χ2v) is 6.85. The van der Waals surface area contributed by atoms with Gasteiger partial charge in [-0.15, -0.1) is 0 Å². The Kier molecular flexibility index (Phi) is 4.75. The van der Waals surface area contributed by atoms with E-state index in [0.717, 1.165) is 12.8 Å². The van der Waals surface area contributed by atoms with Crippen LogP contribution in [-0.2, 0) is 9.84 Å². The molecule has 1 aromatic carbocycles. The molecule has 1 unspecified atom stereocenters. The molecule has 0 fully saturated rings. The van der Waals surface area contributed by atoms with Crippen LogP contribution in [-0.4, -0.2) is 8.42 Å². The highest BCUT2D eigenvalue weighted by atomic mass is 32.2. The van der Waals surface area contributed by atoms with Gasteiger partial charge in [0.05, 0.1) is 11.0 Å². The van der Waals surface area contributed by atoms with Gasteiger partial charge in [0.15, 0.2) is 0 Å². The van der Waals surface area contributed by atoms with Gasteiger partial charge < -0.3 is 0 Å². The van der Waals surface area contributed by atoms with Gasteiger partial charge in [-0.2, -0.15) is 5.26 Å². The van der Waals surface area contributed by atoms with Crippen LogP contribution >= 0.6 is 0 Å². The second kappa shape index (κ2) is 6.53. The SMILES string of the molecule is N#CCCCC1C=CC=C(S(=O)(=O)c2ccccc2)C1. The van der Waals surface area contributed by atoms with Gasteiger partial charge in [0.2, 0.25) is 9.84 Å². The summed E-state index contributed by atoms with van der Waals surface area (Å²) in [6.07, 6.45) is 8.24. The van der Waals surface area contributed by atoms with Crippen molar-refractivity contribution in [1.82, 2.24) is 0 Å². The Bertz CT molecular complexity index is 651. The third kappa shape index (κ3) is 3.37. The lowest BCUT2D eigenvalue weighted by atomic mass is 9.95. The average Bonchev–Trinajstić information content (AvgIpc) is 2.49. The monoisotopic (exact) mass is 287 g/mol. The van der Waals surface area contributed by atoms with E-state index in [-0.39, 0.29) is 5.92 Å². The molecule has 0 bridgehead atoms. The summed E-state index contributed by atoms with van der Waals surface area (Å²) in [5.74, 6) is 0.210. The second-order valence-electron chi connectivity index (χ2n) is 4.85. The van der Waals surface area contributed by atoms with Crippen LogP contribution in [0.15, 0.2) is 58.4 Å². The molecule has 0 saturated carbocycles. The van der Waals surface area contributed by atoms with Crippen LogP contribution in [0.4, 0.5) is 0 Å². The van der Waals surface area contributed by atoms with Gasteiger partial charge in [0.1, 0.15) is 0 Å². The van der Waals surface area contributed by atoms with E-state index in [1.54, 1.807) is 36.4 Å². The third-order valence-corrected chi connectivity index (χ3v) is 5.28. The zero-order chi connectivity index (χ0) is 14.4. The Morgan fingerprint density at radius 3 is 2.70 bits per heavy atom. The summed E-state index contributed by atoms with van der Waals surface area (Å²) in [5.41, 5.74) is 0. The first-order chi connectivity index (χ1) is 9.64. The van der Waals surface area contributed by atoms with E-state index < -0.39 is 9.84 Å². The number of unbranched alkanes of at least 4 members (excludes halogenated alkanes) is 1. The van der Waals surface area contributed by atoms with Gasteiger partial charge in [0, 0.05) is 11.3 Å². The highest BCUT2D eigenvalue weighted by Crippen LogP contribution is 2.30. The summed E-state index contributed by atoms with van der Waals surface area (Å²) in [5, 5.41) is 8.55. The van der Waals surface area contributed by atoms with E-state index in [0.29, 0.717) is 22.6 Å². The van der Waals surface area contributed by atoms with Crippen LogP contribution in [0.5, 0.6) is 0 Å². The molecule has 0 heterocycles. The Morgan fingerprint density at radius 2 is 2.00 bits per heavy atom. The van der Waals surface area contributed by atoms with Crippen molar-refractivity contribution in [2.75, 3.05) is 0 Å². The van der Waals surface area contributed by atoms with Crippen molar-refractivity contribution in [2.24, 2.45) is 5.92 Å². The standard InChI is InChI=1S/C16H17NO2S/c17-12-5-4-7-14-8-6-11-16(13-14)20(18,19)15-9-2-1-3-10-15/h1-3,6,8-11,14H,4-5,7,13H2. The molecule has 0 aliphatic heterocycles. The van der Waals surface area contributed by atoms with Gasteiger partial charge >= 0.3 is 0 Å². The Morgan fingerprint density at radius 1 is 1.25 bits per heavy atom. The van der Waals surface area contributed by atoms with Crippen LogP contribution in [0.1, 0.15) is 25.7 Å². The molecule has 0 amide bonds. The molecule has 0 radical (unpaired) electrons. The van der Waals surface area contributed by atoms with Gasteiger partial charge in [-0.25, -0.2) is 8.42 Å². The van der Waals surface area contributed by atoms with Crippen LogP contribution in [0.3, 0.4) is 0 Å². The number of allylic oxidation sites excluding steroid dienone is 4. The summed E-state index contributed by atoms with van der Waals surface area (Å²) < 4.78 is 25.0. The van der Waals surface area contributed by atoms with Crippen molar-refractivity contribution >= 4 is 9.84 Å². The van der Waals surface area contributed by atoms with E-state index in [2.05, 4.69) is 6.07 Å². The zero-order valence-corrected chi connectivity index (χ0v) is 12.0. The number of hydrogen-bond acceptors (Lipinski definition) is 3. The molecule has 3 nitrogen and oxygen atoms in total. The van der Waals surface area contributed by atoms with E-state index >= 15 is 0 Å². The molecule has 2 rings (SSSR count). The van der Waals surface area contributed by atoms with Crippen LogP contribution in [0.2, 0.25) is 0 Å². The topological polar surface area (TPSA) is 57.9 Å². The van der Waals surface area contributed by atoms with Crippen LogP contribution in [0.25, 0.3) is 0 Å². The first kappa shape index (κ1) is 14.5. The Hall–Kier alpha value is -1.86. The van der Waals surface area contributed by atoms with Crippen molar-refractivity contribution in [3.8, 4) is 6.07 Å². The molecule has 20 heavy (non-hydrogen) atoms. The van der Waals surface area contributed by atoms with Crippen LogP contribution < -0.4 is 0 Å². The maximum atomic E-state index is 12.5. The van der Waals surface area contributed by atoms with E-state index in [9.17, 15) is 8.42 Å². The van der Waals surface area contributed by atoms with Gasteiger partial charge in [0.25, 0.3) is 0 Å². The molecule has 0 spiro atoms. The van der Waals surface area contributed by atoms with E-state index in [1.807, 2.05) is 12.2 Å². The van der Waals surface area contributed by atoms with E-state index in [4.69, 9.17) is 5.26 Å². The lowest BCUT2D eigenvalue weighted by molar-refractivity contribution is 0.554. The molecular formula is C16H17NO2S. The van der Waals surface area contributed by atoms with Crippen molar-refractivity contribution < 1.29 is 8.42 Å².